The average Bonchev–Trinajstić information content (AvgIpc) is 3.13. The molecule has 4 rings (SSSR count). The van der Waals surface area contributed by atoms with Gasteiger partial charge in [-0.05, 0) is 80.7 Å². The lowest BCUT2D eigenvalue weighted by Crippen LogP contribution is -2.61. The van der Waals surface area contributed by atoms with Gasteiger partial charge < -0.3 is 63.6 Å². The molecule has 18 unspecified atom stereocenters. The van der Waals surface area contributed by atoms with Gasteiger partial charge in [0.15, 0.2) is 12.6 Å². The normalized spacial score (nSPS) is 49.5. The number of ether oxygens (including phenoxy) is 7. The number of esters is 1. The van der Waals surface area contributed by atoms with Crippen molar-refractivity contribution in [3.63, 3.8) is 0 Å². The van der Waals surface area contributed by atoms with Crippen molar-refractivity contribution in [1.29, 1.82) is 0 Å². The first kappa shape index (κ1) is 46.6. The number of cyclic esters (lactones) is 1. The molecule has 0 aromatic carbocycles. The Morgan fingerprint density at radius 2 is 1.55 bits per heavy atom. The van der Waals surface area contributed by atoms with E-state index in [1.807, 2.05) is 32.7 Å². The van der Waals surface area contributed by atoms with Crippen LogP contribution in [-0.4, -0.2) is 179 Å². The van der Waals surface area contributed by atoms with Crippen LogP contribution in [0.2, 0.25) is 0 Å². The highest BCUT2D eigenvalue weighted by Crippen LogP contribution is 2.40. The fraction of sp³-hybridized carbons (Fsp3) is 0.975. The largest absolute Gasteiger partial charge is 0.459 e. The van der Waals surface area contributed by atoms with Gasteiger partial charge in [-0.1, -0.05) is 20.8 Å². The molecule has 0 saturated carbocycles. The molecule has 322 valence electrons. The summed E-state index contributed by atoms with van der Waals surface area (Å²) in [6.45, 7) is 20.6. The molecule has 15 heteroatoms. The SMILES string of the molecule is CCC1OC(=O)C(C)C(OC2CC(C)(OC)C(O)C(C)O2)C(C)C(OC2OC(C)CC(N3CCOCC3)C2O)C(C)(O)CC(C)CN(C)C(C)C(O)C1(C)O. The Morgan fingerprint density at radius 3 is 2.15 bits per heavy atom. The molecule has 0 bridgehead atoms. The van der Waals surface area contributed by atoms with Gasteiger partial charge in [0.25, 0.3) is 0 Å². The second kappa shape index (κ2) is 18.9. The Balaban J connectivity index is 1.80. The molecule has 0 spiro atoms. The molecule has 0 aliphatic carbocycles. The zero-order valence-corrected chi connectivity index (χ0v) is 35.4. The lowest BCUT2D eigenvalue weighted by Gasteiger charge is -2.49. The molecule has 0 radical (unpaired) electrons. The molecule has 4 heterocycles. The Kier molecular flexibility index (Phi) is 16.0. The fourth-order valence-corrected chi connectivity index (χ4v) is 9.49. The van der Waals surface area contributed by atoms with Crippen molar-refractivity contribution in [1.82, 2.24) is 9.80 Å². The minimum Gasteiger partial charge on any atom is -0.459 e. The van der Waals surface area contributed by atoms with Gasteiger partial charge in [0.1, 0.15) is 30.0 Å². The van der Waals surface area contributed by atoms with Crippen LogP contribution < -0.4 is 0 Å². The average molecular weight is 791 g/mol. The maximum Gasteiger partial charge on any atom is 0.311 e. The monoisotopic (exact) mass is 791 g/mol. The number of aliphatic hydroxyl groups is 5. The number of likely N-dealkylation sites (N-methyl/N-ethyl adjacent to an activating group) is 1. The number of methoxy groups -OCH3 is 1. The molecular weight excluding hydrogens is 716 g/mol. The van der Waals surface area contributed by atoms with Gasteiger partial charge in [0.2, 0.25) is 0 Å². The van der Waals surface area contributed by atoms with E-state index in [1.54, 1.807) is 41.5 Å². The van der Waals surface area contributed by atoms with Gasteiger partial charge >= 0.3 is 5.97 Å². The van der Waals surface area contributed by atoms with Crippen molar-refractivity contribution in [3.05, 3.63) is 0 Å². The third-order valence-corrected chi connectivity index (χ3v) is 13.1. The first-order valence-electron chi connectivity index (χ1n) is 20.5. The third-order valence-electron chi connectivity index (χ3n) is 13.1. The van der Waals surface area contributed by atoms with Crippen molar-refractivity contribution in [2.75, 3.05) is 47.0 Å². The van der Waals surface area contributed by atoms with Crippen LogP contribution in [0.25, 0.3) is 0 Å². The number of hydrogen-bond donors (Lipinski definition) is 5. The second-order valence-electron chi connectivity index (χ2n) is 17.8. The first-order chi connectivity index (χ1) is 25.6. The number of nitrogens with zero attached hydrogens (tertiary/aromatic N) is 2. The topological polar surface area (TPSA) is 189 Å². The van der Waals surface area contributed by atoms with Gasteiger partial charge in [-0.25, -0.2) is 0 Å². The number of carbonyl (C=O) groups is 1. The predicted octanol–water partition coefficient (Wildman–Crippen LogP) is 1.67. The molecule has 4 fully saturated rings. The number of morpholine rings is 1. The van der Waals surface area contributed by atoms with E-state index in [9.17, 15) is 30.3 Å². The van der Waals surface area contributed by atoms with Crippen LogP contribution in [0.15, 0.2) is 0 Å². The van der Waals surface area contributed by atoms with E-state index in [2.05, 4.69) is 4.90 Å². The maximum atomic E-state index is 14.3. The molecule has 4 aliphatic rings. The molecule has 55 heavy (non-hydrogen) atoms. The van der Waals surface area contributed by atoms with Crippen molar-refractivity contribution < 1.29 is 63.5 Å². The van der Waals surface area contributed by atoms with Crippen LogP contribution in [0.5, 0.6) is 0 Å². The molecule has 5 N–H and O–H groups in total. The minimum atomic E-state index is -1.80. The van der Waals surface area contributed by atoms with E-state index >= 15 is 0 Å². The van der Waals surface area contributed by atoms with E-state index in [0.717, 1.165) is 0 Å². The summed E-state index contributed by atoms with van der Waals surface area (Å²) in [5.41, 5.74) is -4.40. The van der Waals surface area contributed by atoms with E-state index in [0.29, 0.717) is 39.3 Å². The summed E-state index contributed by atoms with van der Waals surface area (Å²) < 4.78 is 43.5. The quantitative estimate of drug-likeness (QED) is 0.234. The summed E-state index contributed by atoms with van der Waals surface area (Å²) in [6, 6.07) is -0.810. The number of rotatable bonds is 7. The summed E-state index contributed by atoms with van der Waals surface area (Å²) in [7, 11) is 3.36. The molecule has 18 atom stereocenters. The Labute approximate surface area is 328 Å². The fourth-order valence-electron chi connectivity index (χ4n) is 9.49. The van der Waals surface area contributed by atoms with E-state index < -0.39 is 96.0 Å². The zero-order valence-electron chi connectivity index (χ0n) is 35.4. The molecule has 15 nitrogen and oxygen atoms in total. The number of aliphatic hydroxyl groups excluding tert-OH is 3. The lowest BCUT2D eigenvalue weighted by molar-refractivity contribution is -0.319. The van der Waals surface area contributed by atoms with Crippen molar-refractivity contribution in [2.45, 2.75) is 185 Å². The molecule has 4 saturated heterocycles. The summed E-state index contributed by atoms with van der Waals surface area (Å²) in [4.78, 5) is 18.4. The highest BCUT2D eigenvalue weighted by Gasteiger charge is 2.53. The number of hydrogen-bond acceptors (Lipinski definition) is 15. The zero-order chi connectivity index (χ0) is 41.2. The van der Waals surface area contributed by atoms with Crippen LogP contribution >= 0.6 is 0 Å². The van der Waals surface area contributed by atoms with Crippen LogP contribution in [0.1, 0.15) is 94.9 Å². The van der Waals surface area contributed by atoms with Crippen molar-refractivity contribution in [3.8, 4) is 0 Å². The first-order valence-corrected chi connectivity index (χ1v) is 20.5. The maximum absolute atomic E-state index is 14.3. The van der Waals surface area contributed by atoms with Crippen molar-refractivity contribution >= 4 is 5.97 Å². The molecule has 0 amide bonds. The molecular formula is C40H74N2O13. The van der Waals surface area contributed by atoms with Gasteiger partial charge in [0, 0.05) is 51.2 Å². The van der Waals surface area contributed by atoms with Gasteiger partial charge in [-0.2, -0.15) is 0 Å². The number of carbonyl (C=O) groups excluding carboxylic acids is 1. The highest BCUT2D eigenvalue weighted by atomic mass is 16.7. The minimum absolute atomic E-state index is 0.130. The molecule has 0 aromatic rings. The summed E-state index contributed by atoms with van der Waals surface area (Å²) in [5.74, 6) is -2.61. The van der Waals surface area contributed by atoms with Gasteiger partial charge in [-0.3, -0.25) is 9.69 Å². The van der Waals surface area contributed by atoms with Gasteiger partial charge in [-0.15, -0.1) is 0 Å². The lowest BCUT2D eigenvalue weighted by atomic mass is 9.77. The highest BCUT2D eigenvalue weighted by molar-refractivity contribution is 5.73. The smallest absolute Gasteiger partial charge is 0.311 e. The van der Waals surface area contributed by atoms with E-state index in [-0.39, 0.29) is 37.3 Å². The van der Waals surface area contributed by atoms with E-state index in [4.69, 9.17) is 33.2 Å². The van der Waals surface area contributed by atoms with Crippen LogP contribution in [0.3, 0.4) is 0 Å². The summed E-state index contributed by atoms with van der Waals surface area (Å²) in [5, 5.41) is 58.7. The molecule has 0 aromatic heterocycles. The van der Waals surface area contributed by atoms with Crippen LogP contribution in [-0.2, 0) is 38.0 Å². The second-order valence-corrected chi connectivity index (χ2v) is 17.8. The standard InChI is InChI=1S/C40H74N2O13/c1-13-29-40(10,48)33(44)26(6)41(11)21-22(2)19-38(8,47)35(55-37-31(43)28(18-23(3)51-37)42-14-16-50-17-15-42)24(4)32(25(5)36(46)53-29)54-30-20-39(9,49-12)34(45)27(7)52-30/h22-35,37,43-45,47-48H,13-21H2,1-12H3. The predicted molar refractivity (Wildman–Crippen MR) is 203 cm³/mol. The Hall–Kier alpha value is -1.05. The Bertz CT molecular complexity index is 1220. The van der Waals surface area contributed by atoms with Gasteiger partial charge in [0.05, 0.1) is 54.7 Å². The summed E-state index contributed by atoms with van der Waals surface area (Å²) >= 11 is 0. The molecule has 4 aliphatic heterocycles. The van der Waals surface area contributed by atoms with E-state index in [1.165, 1.54) is 14.0 Å². The van der Waals surface area contributed by atoms with Crippen molar-refractivity contribution in [2.24, 2.45) is 17.8 Å². The van der Waals surface area contributed by atoms with Crippen LogP contribution in [0.4, 0.5) is 0 Å². The Morgan fingerprint density at radius 1 is 0.909 bits per heavy atom. The van der Waals surface area contributed by atoms with Crippen LogP contribution in [0, 0.1) is 17.8 Å². The summed E-state index contributed by atoms with van der Waals surface area (Å²) in [6.07, 6.45) is -8.28. The third kappa shape index (κ3) is 10.6.